The van der Waals surface area contributed by atoms with Crippen LogP contribution in [0.3, 0.4) is 0 Å². The fourth-order valence-electron chi connectivity index (χ4n) is 3.82. The molecule has 0 aromatic carbocycles. The summed E-state index contributed by atoms with van der Waals surface area (Å²) in [5, 5.41) is 33.5. The lowest BCUT2D eigenvalue weighted by molar-refractivity contribution is -0.852. The van der Waals surface area contributed by atoms with Crippen molar-refractivity contribution in [3.63, 3.8) is 0 Å². The third-order valence-corrected chi connectivity index (χ3v) is 5.13. The minimum Gasteiger partial charge on any atom is -0.390 e. The summed E-state index contributed by atoms with van der Waals surface area (Å²) < 4.78 is 0. The van der Waals surface area contributed by atoms with Crippen LogP contribution in [0.15, 0.2) is 0 Å². The zero-order valence-corrected chi connectivity index (χ0v) is 12.8. The lowest BCUT2D eigenvalue weighted by Crippen LogP contribution is -2.57. The van der Waals surface area contributed by atoms with Gasteiger partial charge < -0.3 is 5.11 Å². The van der Waals surface area contributed by atoms with Crippen LogP contribution in [-0.2, 0) is 9.68 Å². The Hall–Kier alpha value is -1.36. The van der Waals surface area contributed by atoms with E-state index in [1.807, 2.05) is 0 Å². The smallest absolute Gasteiger partial charge is 0.390 e. The molecule has 0 radical (unpaired) electrons. The van der Waals surface area contributed by atoms with E-state index in [0.29, 0.717) is 30.9 Å². The van der Waals surface area contributed by atoms with Gasteiger partial charge in [-0.05, 0) is 25.7 Å². The van der Waals surface area contributed by atoms with Crippen molar-refractivity contribution in [1.82, 2.24) is 5.23 Å². The van der Waals surface area contributed by atoms with Crippen LogP contribution < -0.4 is 0 Å². The lowest BCUT2D eigenvalue weighted by Gasteiger charge is -2.31. The number of rotatable bonds is 4. The van der Waals surface area contributed by atoms with Crippen molar-refractivity contribution >= 4 is 0 Å². The average Bonchev–Trinajstić information content (AvgIpc) is 3.07. The standard InChI is InChI=1S/C13H21N3O7/c17-10-5-1-2-6-11(10)22-16-13(14(18)19,15(20)21)9-12(23-16)7-3-4-8-12/h10-11,17H,1-9H2/t10-,11-/m0/s1. The van der Waals surface area contributed by atoms with Gasteiger partial charge >= 0.3 is 5.79 Å². The summed E-state index contributed by atoms with van der Waals surface area (Å²) >= 11 is 0. The third kappa shape index (κ3) is 2.69. The number of aliphatic hydroxyl groups is 1. The average molecular weight is 331 g/mol. The van der Waals surface area contributed by atoms with Crippen LogP contribution >= 0.6 is 0 Å². The first kappa shape index (κ1) is 16.5. The molecular formula is C13H21N3O7. The van der Waals surface area contributed by atoms with Gasteiger partial charge in [-0.3, -0.25) is 29.9 Å². The van der Waals surface area contributed by atoms with E-state index >= 15 is 0 Å². The highest BCUT2D eigenvalue weighted by molar-refractivity contribution is 4.93. The molecule has 1 N–H and O–H groups in total. The Morgan fingerprint density at radius 2 is 1.70 bits per heavy atom. The van der Waals surface area contributed by atoms with Crippen LogP contribution in [0.4, 0.5) is 0 Å². The lowest BCUT2D eigenvalue weighted by atomic mass is 9.95. The number of hydroxylamine groups is 2. The minimum absolute atomic E-state index is 0.344. The highest BCUT2D eigenvalue weighted by Gasteiger charge is 2.75. The molecule has 0 aromatic rings. The van der Waals surface area contributed by atoms with Crippen LogP contribution in [0.1, 0.15) is 57.8 Å². The molecule has 3 rings (SSSR count). The van der Waals surface area contributed by atoms with Gasteiger partial charge in [-0.25, -0.2) is 0 Å². The molecule has 10 nitrogen and oxygen atoms in total. The van der Waals surface area contributed by atoms with E-state index in [-0.39, 0.29) is 6.42 Å². The predicted molar refractivity (Wildman–Crippen MR) is 74.8 cm³/mol. The van der Waals surface area contributed by atoms with Crippen LogP contribution in [0.25, 0.3) is 0 Å². The first-order valence-electron chi connectivity index (χ1n) is 8.03. The van der Waals surface area contributed by atoms with Crippen molar-refractivity contribution in [3.05, 3.63) is 20.2 Å². The Balaban J connectivity index is 1.87. The fourth-order valence-corrected chi connectivity index (χ4v) is 3.82. The molecule has 1 heterocycles. The molecule has 3 fully saturated rings. The van der Waals surface area contributed by atoms with E-state index in [4.69, 9.17) is 9.68 Å². The molecule has 0 aromatic heterocycles. The van der Waals surface area contributed by atoms with Gasteiger partial charge in [0.25, 0.3) is 0 Å². The van der Waals surface area contributed by atoms with E-state index < -0.39 is 33.4 Å². The largest absolute Gasteiger partial charge is 0.569 e. The van der Waals surface area contributed by atoms with Crippen LogP contribution in [0.2, 0.25) is 0 Å². The number of nitrogens with zero attached hydrogens (tertiary/aromatic N) is 3. The molecule has 130 valence electrons. The van der Waals surface area contributed by atoms with Crippen molar-refractivity contribution in [2.75, 3.05) is 0 Å². The molecule has 2 saturated carbocycles. The molecule has 0 bridgehead atoms. The van der Waals surface area contributed by atoms with Crippen molar-refractivity contribution in [1.29, 1.82) is 0 Å². The summed E-state index contributed by atoms with van der Waals surface area (Å²) in [7, 11) is 0. The summed E-state index contributed by atoms with van der Waals surface area (Å²) in [6, 6.07) is 0. The van der Waals surface area contributed by atoms with Crippen molar-refractivity contribution in [3.8, 4) is 0 Å². The first-order valence-corrected chi connectivity index (χ1v) is 8.03. The van der Waals surface area contributed by atoms with E-state index in [1.165, 1.54) is 0 Å². The van der Waals surface area contributed by atoms with Crippen LogP contribution in [-0.4, -0.2) is 43.8 Å². The summed E-state index contributed by atoms with van der Waals surface area (Å²) in [5.74, 6) is -2.65. The van der Waals surface area contributed by atoms with Crippen LogP contribution in [0, 0.1) is 20.2 Å². The van der Waals surface area contributed by atoms with Crippen molar-refractivity contribution in [2.45, 2.75) is 81.4 Å². The summed E-state index contributed by atoms with van der Waals surface area (Å²) in [5.41, 5.74) is -0.917. The summed E-state index contributed by atoms with van der Waals surface area (Å²) in [4.78, 5) is 32.3. The molecule has 10 heteroatoms. The second-order valence-corrected chi connectivity index (χ2v) is 6.70. The van der Waals surface area contributed by atoms with Crippen LogP contribution in [0.5, 0.6) is 0 Å². The molecule has 1 aliphatic heterocycles. The second-order valence-electron chi connectivity index (χ2n) is 6.70. The minimum atomic E-state index is -2.65. The van der Waals surface area contributed by atoms with Gasteiger partial charge in [-0.15, -0.1) is 0 Å². The molecule has 2 aliphatic carbocycles. The molecule has 23 heavy (non-hydrogen) atoms. The normalized spacial score (nSPS) is 33.1. The third-order valence-electron chi connectivity index (χ3n) is 5.13. The molecule has 2 atom stereocenters. The maximum Gasteiger partial charge on any atom is 0.569 e. The number of aliphatic hydroxyl groups excluding tert-OH is 1. The highest BCUT2D eigenvalue weighted by Crippen LogP contribution is 2.49. The topological polar surface area (TPSA) is 128 Å². The molecule has 1 spiro atoms. The van der Waals surface area contributed by atoms with E-state index in [0.717, 1.165) is 25.7 Å². The summed E-state index contributed by atoms with van der Waals surface area (Å²) in [6.07, 6.45) is 3.44. The number of hydrogen-bond donors (Lipinski definition) is 1. The van der Waals surface area contributed by atoms with Gasteiger partial charge in [0.15, 0.2) is 0 Å². The zero-order chi connectivity index (χ0) is 16.7. The Kier molecular flexibility index (Phi) is 4.25. The zero-order valence-electron chi connectivity index (χ0n) is 12.8. The highest BCUT2D eigenvalue weighted by atomic mass is 17.0. The number of nitro groups is 2. The SMILES string of the molecule is O=[N+]([O-])C1([N+](=O)[O-])CC2(CCCC2)ON1O[C@H]1CCCC[C@@H]1O. The molecule has 1 saturated heterocycles. The van der Waals surface area contributed by atoms with Gasteiger partial charge in [0.05, 0.1) is 11.3 Å². The van der Waals surface area contributed by atoms with Gasteiger partial charge in [-0.2, -0.15) is 0 Å². The predicted octanol–water partition coefficient (Wildman–Crippen LogP) is 1.38. The maximum atomic E-state index is 11.5. The Morgan fingerprint density at radius 1 is 1.09 bits per heavy atom. The summed E-state index contributed by atoms with van der Waals surface area (Å²) in [6.45, 7) is 0. The van der Waals surface area contributed by atoms with Gasteiger partial charge in [0.1, 0.15) is 28.0 Å². The Bertz CT molecular complexity index is 480. The van der Waals surface area contributed by atoms with Gasteiger partial charge in [0.2, 0.25) is 0 Å². The van der Waals surface area contributed by atoms with E-state index in [2.05, 4.69) is 0 Å². The molecule has 0 amide bonds. The number of hydrogen-bond acceptors (Lipinski definition) is 8. The van der Waals surface area contributed by atoms with Gasteiger partial charge in [-0.1, -0.05) is 25.7 Å². The Labute approximate surface area is 132 Å². The monoisotopic (exact) mass is 331 g/mol. The van der Waals surface area contributed by atoms with Crippen molar-refractivity contribution < 1.29 is 24.6 Å². The molecule has 3 aliphatic rings. The quantitative estimate of drug-likeness (QED) is 0.465. The van der Waals surface area contributed by atoms with E-state index in [1.54, 1.807) is 0 Å². The fraction of sp³-hybridized carbons (Fsp3) is 1.00. The Morgan fingerprint density at radius 3 is 2.26 bits per heavy atom. The maximum absolute atomic E-state index is 11.5. The molecular weight excluding hydrogens is 310 g/mol. The molecule has 0 unspecified atom stereocenters. The van der Waals surface area contributed by atoms with E-state index in [9.17, 15) is 25.3 Å². The first-order chi connectivity index (χ1) is 10.9. The van der Waals surface area contributed by atoms with Crippen molar-refractivity contribution in [2.24, 2.45) is 0 Å². The second kappa shape index (κ2) is 5.93. The van der Waals surface area contributed by atoms with Gasteiger partial charge in [0, 0.05) is 0 Å².